The van der Waals surface area contributed by atoms with Crippen LogP contribution >= 0.6 is 0 Å². The fourth-order valence-electron chi connectivity index (χ4n) is 4.60. The monoisotopic (exact) mass is 414 g/mol. The van der Waals surface area contributed by atoms with Crippen LogP contribution in [0.3, 0.4) is 0 Å². The van der Waals surface area contributed by atoms with Crippen LogP contribution in [0.4, 0.5) is 0 Å². The molecule has 2 unspecified atom stereocenters. The van der Waals surface area contributed by atoms with Gasteiger partial charge >= 0.3 is 0 Å². The van der Waals surface area contributed by atoms with Crippen LogP contribution in [0.5, 0.6) is 5.75 Å². The molecule has 6 heteroatoms. The van der Waals surface area contributed by atoms with E-state index < -0.39 is 0 Å². The lowest BCUT2D eigenvalue weighted by molar-refractivity contribution is -0.135. The van der Waals surface area contributed by atoms with Crippen molar-refractivity contribution in [2.75, 3.05) is 33.3 Å². The highest BCUT2D eigenvalue weighted by atomic mass is 16.5. The quantitative estimate of drug-likeness (QED) is 0.529. The van der Waals surface area contributed by atoms with Crippen molar-refractivity contribution in [3.63, 3.8) is 0 Å². The summed E-state index contributed by atoms with van der Waals surface area (Å²) in [6.07, 6.45) is 6.80. The molecule has 1 saturated heterocycles. The molecule has 6 nitrogen and oxygen atoms in total. The van der Waals surface area contributed by atoms with Gasteiger partial charge in [-0.15, -0.1) is 0 Å². The molecule has 166 valence electrons. The zero-order valence-corrected chi connectivity index (χ0v) is 18.8. The van der Waals surface area contributed by atoms with Gasteiger partial charge in [0, 0.05) is 44.1 Å². The van der Waals surface area contributed by atoms with Crippen LogP contribution in [0.1, 0.15) is 63.9 Å². The molecule has 2 atom stereocenters. The van der Waals surface area contributed by atoms with Gasteiger partial charge in [0.1, 0.15) is 5.75 Å². The van der Waals surface area contributed by atoms with Gasteiger partial charge in [-0.2, -0.15) is 0 Å². The minimum absolute atomic E-state index is 0.251. The molecule has 30 heavy (non-hydrogen) atoms. The van der Waals surface area contributed by atoms with Crippen molar-refractivity contribution in [3.8, 4) is 5.75 Å². The average molecular weight is 415 g/mol. The zero-order chi connectivity index (χ0) is 21.3. The summed E-state index contributed by atoms with van der Waals surface area (Å²) in [5.74, 6) is 2.61. The highest BCUT2D eigenvalue weighted by Crippen LogP contribution is 2.27. The first-order valence-corrected chi connectivity index (χ1v) is 11.6. The van der Waals surface area contributed by atoms with E-state index in [1.54, 1.807) is 7.11 Å². The Labute approximate surface area is 181 Å². The van der Waals surface area contributed by atoms with Crippen LogP contribution in [0.25, 0.3) is 0 Å². The number of para-hydroxylation sites is 1. The summed E-state index contributed by atoms with van der Waals surface area (Å²) < 4.78 is 5.50. The molecular weight excluding hydrogens is 376 g/mol. The van der Waals surface area contributed by atoms with E-state index in [2.05, 4.69) is 35.4 Å². The standard InChI is InChI=1S/C24H38N4O2/c1-4-25-24(26-16-18(2)21-12-8-9-13-22(21)30-3)27-20-14-15-28(17-20)23(29)19-10-6-5-7-11-19/h8-9,12-13,18-20H,4-7,10-11,14-17H2,1-3H3,(H2,25,26,27). The number of nitrogens with zero attached hydrogens (tertiary/aromatic N) is 2. The molecule has 0 aromatic heterocycles. The van der Waals surface area contributed by atoms with Gasteiger partial charge in [-0.3, -0.25) is 9.79 Å². The van der Waals surface area contributed by atoms with Gasteiger partial charge in [-0.25, -0.2) is 0 Å². The van der Waals surface area contributed by atoms with Crippen molar-refractivity contribution in [3.05, 3.63) is 29.8 Å². The number of guanidine groups is 1. The fourth-order valence-corrected chi connectivity index (χ4v) is 4.60. The molecule has 1 saturated carbocycles. The van der Waals surface area contributed by atoms with Crippen LogP contribution in [0, 0.1) is 5.92 Å². The Bertz CT molecular complexity index is 715. The van der Waals surface area contributed by atoms with Crippen molar-refractivity contribution in [2.45, 2.75) is 64.3 Å². The molecule has 1 amide bonds. The smallest absolute Gasteiger partial charge is 0.225 e. The number of aliphatic imine (C=N–C) groups is 1. The normalized spacial score (nSPS) is 21.4. The van der Waals surface area contributed by atoms with Gasteiger partial charge in [-0.1, -0.05) is 44.4 Å². The summed E-state index contributed by atoms with van der Waals surface area (Å²) >= 11 is 0. The first-order valence-electron chi connectivity index (χ1n) is 11.6. The molecule has 2 N–H and O–H groups in total. The van der Waals surface area contributed by atoms with Gasteiger partial charge < -0.3 is 20.3 Å². The number of likely N-dealkylation sites (tertiary alicyclic amines) is 1. The van der Waals surface area contributed by atoms with Crippen LogP contribution < -0.4 is 15.4 Å². The zero-order valence-electron chi connectivity index (χ0n) is 18.8. The molecule has 1 aliphatic carbocycles. The van der Waals surface area contributed by atoms with Crippen molar-refractivity contribution >= 4 is 11.9 Å². The van der Waals surface area contributed by atoms with Crippen LogP contribution in [-0.2, 0) is 4.79 Å². The summed E-state index contributed by atoms with van der Waals surface area (Å²) in [7, 11) is 1.71. The van der Waals surface area contributed by atoms with E-state index in [-0.39, 0.29) is 17.9 Å². The number of hydrogen-bond acceptors (Lipinski definition) is 3. The molecule has 1 heterocycles. The van der Waals surface area contributed by atoms with E-state index in [4.69, 9.17) is 9.73 Å². The van der Waals surface area contributed by atoms with Crippen molar-refractivity contribution in [2.24, 2.45) is 10.9 Å². The third kappa shape index (κ3) is 5.89. The Balaban J connectivity index is 1.55. The molecule has 3 rings (SSSR count). The van der Waals surface area contributed by atoms with E-state index in [1.807, 2.05) is 18.2 Å². The number of carbonyl (C=O) groups is 1. The summed E-state index contributed by atoms with van der Waals surface area (Å²) in [6.45, 7) is 7.37. The van der Waals surface area contributed by atoms with Gasteiger partial charge in [0.05, 0.1) is 7.11 Å². The molecule has 2 aliphatic rings. The second kappa shape index (κ2) is 11.2. The number of nitrogens with one attached hydrogen (secondary N) is 2. The Morgan fingerprint density at radius 3 is 2.73 bits per heavy atom. The maximum atomic E-state index is 12.8. The van der Waals surface area contributed by atoms with E-state index >= 15 is 0 Å². The molecule has 1 aromatic rings. The molecule has 1 aromatic carbocycles. The van der Waals surface area contributed by atoms with Crippen LogP contribution in [0.15, 0.2) is 29.3 Å². The largest absolute Gasteiger partial charge is 0.496 e. The number of amides is 1. The molecule has 0 spiro atoms. The van der Waals surface area contributed by atoms with Crippen molar-refractivity contribution < 1.29 is 9.53 Å². The number of methoxy groups -OCH3 is 1. The number of ether oxygens (including phenoxy) is 1. The molecule has 0 radical (unpaired) electrons. The first-order chi connectivity index (χ1) is 14.6. The second-order valence-corrected chi connectivity index (χ2v) is 8.61. The second-order valence-electron chi connectivity index (χ2n) is 8.61. The van der Waals surface area contributed by atoms with Crippen LogP contribution in [-0.4, -0.2) is 56.1 Å². The van der Waals surface area contributed by atoms with Crippen molar-refractivity contribution in [1.29, 1.82) is 0 Å². The predicted molar refractivity (Wildman–Crippen MR) is 122 cm³/mol. The minimum atomic E-state index is 0.251. The Kier molecular flexibility index (Phi) is 8.40. The van der Waals surface area contributed by atoms with Gasteiger partial charge in [0.15, 0.2) is 5.96 Å². The minimum Gasteiger partial charge on any atom is -0.496 e. The number of carbonyl (C=O) groups excluding carboxylic acids is 1. The summed E-state index contributed by atoms with van der Waals surface area (Å²) in [5.41, 5.74) is 1.17. The summed E-state index contributed by atoms with van der Waals surface area (Å²) in [5, 5.41) is 6.91. The number of benzene rings is 1. The first kappa shape index (κ1) is 22.4. The SMILES string of the molecule is CCNC(=NCC(C)c1ccccc1OC)NC1CCN(C(=O)C2CCCCC2)C1. The van der Waals surface area contributed by atoms with Gasteiger partial charge in [-0.05, 0) is 37.8 Å². The third-order valence-electron chi connectivity index (χ3n) is 6.33. The molecule has 1 aliphatic heterocycles. The summed E-state index contributed by atoms with van der Waals surface area (Å²) in [6, 6.07) is 8.39. The molecule has 0 bridgehead atoms. The topological polar surface area (TPSA) is 66.0 Å². The Morgan fingerprint density at radius 1 is 1.23 bits per heavy atom. The predicted octanol–water partition coefficient (Wildman–Crippen LogP) is 3.54. The third-order valence-corrected chi connectivity index (χ3v) is 6.33. The maximum absolute atomic E-state index is 12.8. The highest BCUT2D eigenvalue weighted by molar-refractivity contribution is 5.81. The molecular formula is C24H38N4O2. The number of rotatable bonds is 7. The van der Waals surface area contributed by atoms with E-state index in [0.717, 1.165) is 50.6 Å². The average Bonchev–Trinajstić information content (AvgIpc) is 3.26. The van der Waals surface area contributed by atoms with E-state index in [0.29, 0.717) is 12.5 Å². The van der Waals surface area contributed by atoms with Crippen LogP contribution in [0.2, 0.25) is 0 Å². The van der Waals surface area contributed by atoms with Gasteiger partial charge in [0.25, 0.3) is 0 Å². The highest BCUT2D eigenvalue weighted by Gasteiger charge is 2.31. The molecule has 2 fully saturated rings. The lowest BCUT2D eigenvalue weighted by Gasteiger charge is -2.26. The fraction of sp³-hybridized carbons (Fsp3) is 0.667. The van der Waals surface area contributed by atoms with E-state index in [9.17, 15) is 4.79 Å². The Morgan fingerprint density at radius 2 is 2.00 bits per heavy atom. The van der Waals surface area contributed by atoms with Gasteiger partial charge in [0.2, 0.25) is 5.91 Å². The summed E-state index contributed by atoms with van der Waals surface area (Å²) in [4.78, 5) is 19.7. The lowest BCUT2D eigenvalue weighted by atomic mass is 9.88. The Hall–Kier alpha value is -2.24. The number of hydrogen-bond donors (Lipinski definition) is 2. The van der Waals surface area contributed by atoms with E-state index in [1.165, 1.54) is 24.8 Å². The van der Waals surface area contributed by atoms with Crippen molar-refractivity contribution in [1.82, 2.24) is 15.5 Å². The maximum Gasteiger partial charge on any atom is 0.225 e. The lowest BCUT2D eigenvalue weighted by Crippen LogP contribution is -2.45.